The minimum Gasteiger partial charge on any atom is -0.283 e. The van der Waals surface area contributed by atoms with E-state index in [4.69, 9.17) is 11.6 Å². The fraction of sp³-hybridized carbons (Fsp3) is 0. The molecular formula is C11H7ClN4. The molecule has 0 bridgehead atoms. The zero-order valence-corrected chi connectivity index (χ0v) is 8.96. The highest BCUT2D eigenvalue weighted by Crippen LogP contribution is 2.20. The molecule has 0 unspecified atom stereocenters. The summed E-state index contributed by atoms with van der Waals surface area (Å²) in [7, 11) is 0. The Labute approximate surface area is 96.6 Å². The van der Waals surface area contributed by atoms with Crippen LogP contribution >= 0.6 is 11.6 Å². The molecule has 0 radical (unpaired) electrons. The predicted molar refractivity (Wildman–Crippen MR) is 61.7 cm³/mol. The minimum atomic E-state index is 0.375. The summed E-state index contributed by atoms with van der Waals surface area (Å²) >= 11 is 5.93. The van der Waals surface area contributed by atoms with E-state index in [9.17, 15) is 0 Å². The van der Waals surface area contributed by atoms with Crippen molar-refractivity contribution in [2.75, 3.05) is 0 Å². The number of nitrogens with zero attached hydrogens (tertiary/aromatic N) is 4. The van der Waals surface area contributed by atoms with Gasteiger partial charge < -0.3 is 0 Å². The second kappa shape index (κ2) is 3.57. The highest BCUT2D eigenvalue weighted by atomic mass is 35.5. The van der Waals surface area contributed by atoms with Crippen LogP contribution in [0.25, 0.3) is 16.9 Å². The lowest BCUT2D eigenvalue weighted by Crippen LogP contribution is -1.93. The summed E-state index contributed by atoms with van der Waals surface area (Å²) in [6, 6.07) is 9.85. The Hall–Kier alpha value is -1.94. The van der Waals surface area contributed by atoms with Crippen LogP contribution in [0, 0.1) is 0 Å². The van der Waals surface area contributed by atoms with Crippen LogP contribution in [0.2, 0.25) is 5.15 Å². The largest absolute Gasteiger partial charge is 0.283 e. The van der Waals surface area contributed by atoms with Gasteiger partial charge in [0.15, 0.2) is 10.8 Å². The van der Waals surface area contributed by atoms with Gasteiger partial charge in [0.05, 0.1) is 0 Å². The summed E-state index contributed by atoms with van der Waals surface area (Å²) in [5, 5.41) is 0.375. The van der Waals surface area contributed by atoms with Crippen LogP contribution in [0.1, 0.15) is 0 Å². The van der Waals surface area contributed by atoms with Gasteiger partial charge >= 0.3 is 0 Å². The molecule has 0 aliphatic rings. The Morgan fingerprint density at radius 1 is 1.00 bits per heavy atom. The summed E-state index contributed by atoms with van der Waals surface area (Å²) < 4.78 is 1.88. The Kier molecular flexibility index (Phi) is 2.08. The van der Waals surface area contributed by atoms with Gasteiger partial charge in [-0.1, -0.05) is 29.8 Å². The Balaban J connectivity index is 2.30. The molecule has 0 aliphatic carbocycles. The Morgan fingerprint density at radius 3 is 2.62 bits per heavy atom. The van der Waals surface area contributed by atoms with Crippen LogP contribution in [0.5, 0.6) is 0 Å². The first-order valence-electron chi connectivity index (χ1n) is 4.75. The summed E-state index contributed by atoms with van der Waals surface area (Å²) in [6.07, 6.45) is 3.13. The quantitative estimate of drug-likeness (QED) is 0.603. The molecule has 0 amide bonds. The van der Waals surface area contributed by atoms with Crippen molar-refractivity contribution in [3.05, 3.63) is 48.1 Å². The number of para-hydroxylation sites is 1. The second-order valence-electron chi connectivity index (χ2n) is 3.29. The van der Waals surface area contributed by atoms with Gasteiger partial charge in [-0.15, -0.1) is 0 Å². The molecule has 16 heavy (non-hydrogen) atoms. The van der Waals surface area contributed by atoms with Crippen molar-refractivity contribution in [1.82, 2.24) is 19.5 Å². The molecule has 2 aromatic heterocycles. The highest BCUT2D eigenvalue weighted by Gasteiger charge is 2.08. The topological polar surface area (TPSA) is 43.6 Å². The zero-order valence-electron chi connectivity index (χ0n) is 8.21. The van der Waals surface area contributed by atoms with Crippen LogP contribution in [0.15, 0.2) is 43.0 Å². The molecule has 0 aliphatic heterocycles. The molecule has 0 fully saturated rings. The maximum Gasteiger partial charge on any atom is 0.169 e. The molecule has 78 valence electrons. The predicted octanol–water partition coefficient (Wildman–Crippen LogP) is 2.47. The maximum atomic E-state index is 5.93. The number of hydrogen-bond donors (Lipinski definition) is 0. The number of rotatable bonds is 1. The first-order chi connectivity index (χ1) is 7.86. The summed E-state index contributed by atoms with van der Waals surface area (Å²) in [5.74, 6) is 0. The minimum absolute atomic E-state index is 0.375. The number of hydrogen-bond acceptors (Lipinski definition) is 3. The smallest absolute Gasteiger partial charge is 0.169 e. The van der Waals surface area contributed by atoms with Gasteiger partial charge in [-0.05, 0) is 12.1 Å². The summed E-state index contributed by atoms with van der Waals surface area (Å²) in [4.78, 5) is 12.3. The molecule has 3 aromatic rings. The first-order valence-corrected chi connectivity index (χ1v) is 5.13. The standard InChI is InChI=1S/C11H7ClN4/c12-10-9-11(14-6-13-10)16(7-15-9)8-4-2-1-3-5-8/h1-7H. The highest BCUT2D eigenvalue weighted by molar-refractivity contribution is 6.33. The average molecular weight is 231 g/mol. The maximum absolute atomic E-state index is 5.93. The van der Waals surface area contributed by atoms with Gasteiger partial charge in [0.1, 0.15) is 18.2 Å². The number of benzene rings is 1. The monoisotopic (exact) mass is 230 g/mol. The lowest BCUT2D eigenvalue weighted by atomic mass is 10.3. The van der Waals surface area contributed by atoms with Crippen LogP contribution in [-0.2, 0) is 0 Å². The van der Waals surface area contributed by atoms with Crippen LogP contribution in [0.3, 0.4) is 0 Å². The van der Waals surface area contributed by atoms with E-state index in [0.717, 1.165) is 5.69 Å². The number of fused-ring (bicyclic) bond motifs is 1. The van der Waals surface area contributed by atoms with Gasteiger partial charge in [0, 0.05) is 5.69 Å². The van der Waals surface area contributed by atoms with Gasteiger partial charge in [0.2, 0.25) is 0 Å². The number of imidazole rings is 1. The van der Waals surface area contributed by atoms with E-state index in [-0.39, 0.29) is 0 Å². The fourth-order valence-corrected chi connectivity index (χ4v) is 1.76. The van der Waals surface area contributed by atoms with E-state index in [1.54, 1.807) is 6.33 Å². The van der Waals surface area contributed by atoms with Crippen molar-refractivity contribution in [3.63, 3.8) is 0 Å². The lowest BCUT2D eigenvalue weighted by molar-refractivity contribution is 1.06. The molecule has 2 heterocycles. The molecule has 1 aromatic carbocycles. The van der Waals surface area contributed by atoms with E-state index in [0.29, 0.717) is 16.3 Å². The Bertz CT molecular complexity index is 633. The van der Waals surface area contributed by atoms with Crippen molar-refractivity contribution in [2.24, 2.45) is 0 Å². The van der Waals surface area contributed by atoms with E-state index < -0.39 is 0 Å². The molecule has 5 heteroatoms. The summed E-state index contributed by atoms with van der Waals surface area (Å²) in [5.41, 5.74) is 2.33. The molecule has 0 atom stereocenters. The van der Waals surface area contributed by atoms with Crippen LogP contribution < -0.4 is 0 Å². The molecule has 0 spiro atoms. The third-order valence-electron chi connectivity index (χ3n) is 2.32. The molecular weight excluding hydrogens is 224 g/mol. The third-order valence-corrected chi connectivity index (χ3v) is 2.60. The molecule has 3 rings (SSSR count). The van der Waals surface area contributed by atoms with Crippen molar-refractivity contribution in [3.8, 4) is 5.69 Å². The third kappa shape index (κ3) is 1.35. The van der Waals surface area contributed by atoms with E-state index >= 15 is 0 Å². The van der Waals surface area contributed by atoms with Crippen LogP contribution in [0.4, 0.5) is 0 Å². The molecule has 0 saturated heterocycles. The normalized spacial score (nSPS) is 10.8. The van der Waals surface area contributed by atoms with Crippen molar-refractivity contribution in [1.29, 1.82) is 0 Å². The fourth-order valence-electron chi connectivity index (χ4n) is 1.58. The average Bonchev–Trinajstić information content (AvgIpc) is 2.75. The van der Waals surface area contributed by atoms with Gasteiger partial charge in [-0.2, -0.15) is 0 Å². The Morgan fingerprint density at radius 2 is 1.81 bits per heavy atom. The summed E-state index contributed by atoms with van der Waals surface area (Å²) in [6.45, 7) is 0. The van der Waals surface area contributed by atoms with Gasteiger partial charge in [0.25, 0.3) is 0 Å². The SMILES string of the molecule is Clc1ncnc2c1ncn2-c1ccccc1. The van der Waals surface area contributed by atoms with E-state index in [1.165, 1.54) is 6.33 Å². The molecule has 0 saturated carbocycles. The van der Waals surface area contributed by atoms with Crippen LogP contribution in [-0.4, -0.2) is 19.5 Å². The van der Waals surface area contributed by atoms with Gasteiger partial charge in [-0.3, -0.25) is 4.57 Å². The van der Waals surface area contributed by atoms with Gasteiger partial charge in [-0.25, -0.2) is 15.0 Å². The molecule has 4 nitrogen and oxygen atoms in total. The second-order valence-corrected chi connectivity index (χ2v) is 3.64. The number of halogens is 1. The van der Waals surface area contributed by atoms with E-state index in [2.05, 4.69) is 15.0 Å². The van der Waals surface area contributed by atoms with Crippen molar-refractivity contribution in [2.45, 2.75) is 0 Å². The molecule has 0 N–H and O–H groups in total. The van der Waals surface area contributed by atoms with Crippen molar-refractivity contribution < 1.29 is 0 Å². The lowest BCUT2D eigenvalue weighted by Gasteiger charge is -2.01. The van der Waals surface area contributed by atoms with E-state index in [1.807, 2.05) is 34.9 Å². The number of aromatic nitrogens is 4. The van der Waals surface area contributed by atoms with Crippen molar-refractivity contribution >= 4 is 22.8 Å². The first kappa shape index (κ1) is 9.30. The zero-order chi connectivity index (χ0) is 11.0.